The molecule has 1 amide bonds. The maximum Gasteiger partial charge on any atom is 0.449 e. The fourth-order valence-electron chi connectivity index (χ4n) is 3.78. The fraction of sp³-hybridized carbons (Fsp3) is 0.350. The molecule has 0 unspecified atom stereocenters. The van der Waals surface area contributed by atoms with Crippen molar-refractivity contribution in [2.45, 2.75) is 25.6 Å². The highest BCUT2D eigenvalue weighted by molar-refractivity contribution is 5.93. The van der Waals surface area contributed by atoms with E-state index in [1.165, 1.54) is 22.9 Å². The van der Waals surface area contributed by atoms with Crippen LogP contribution in [0.5, 0.6) is 0 Å². The van der Waals surface area contributed by atoms with Crippen LogP contribution in [0.3, 0.4) is 0 Å². The monoisotopic (exact) mass is 404 g/mol. The molecular weight excluding hydrogens is 385 g/mol. The van der Waals surface area contributed by atoms with Crippen molar-refractivity contribution in [2.75, 3.05) is 13.1 Å². The Balaban J connectivity index is 1.48. The molecule has 3 aromatic rings. The van der Waals surface area contributed by atoms with Gasteiger partial charge in [0.1, 0.15) is 0 Å². The van der Waals surface area contributed by atoms with Gasteiger partial charge in [-0.25, -0.2) is 4.98 Å². The third kappa shape index (κ3) is 3.90. The lowest BCUT2D eigenvalue weighted by Gasteiger charge is -2.32. The molecule has 1 N–H and O–H groups in total. The molecule has 6 nitrogen and oxygen atoms in total. The molecule has 1 aliphatic heterocycles. The third-order valence-electron chi connectivity index (χ3n) is 5.28. The van der Waals surface area contributed by atoms with Crippen molar-refractivity contribution in [2.24, 2.45) is 5.92 Å². The number of hydrogen-bond acceptors (Lipinski definition) is 3. The largest absolute Gasteiger partial charge is 0.449 e. The number of rotatable bonds is 3. The van der Waals surface area contributed by atoms with Crippen molar-refractivity contribution >= 4 is 16.9 Å². The lowest BCUT2D eigenvalue weighted by molar-refractivity contribution is -0.147. The number of benzene rings is 1. The van der Waals surface area contributed by atoms with Crippen LogP contribution in [-0.2, 0) is 12.7 Å². The van der Waals surface area contributed by atoms with Crippen molar-refractivity contribution in [3.05, 3.63) is 64.3 Å². The summed E-state index contributed by atoms with van der Waals surface area (Å²) in [6, 6.07) is 9.36. The van der Waals surface area contributed by atoms with Gasteiger partial charge >= 0.3 is 6.18 Å². The number of nitrogens with one attached hydrogen (secondary N) is 1. The van der Waals surface area contributed by atoms with E-state index in [1.54, 1.807) is 29.2 Å². The van der Waals surface area contributed by atoms with Gasteiger partial charge in [-0.05, 0) is 37.0 Å². The lowest BCUT2D eigenvalue weighted by atomic mass is 9.96. The summed E-state index contributed by atoms with van der Waals surface area (Å²) >= 11 is 0. The molecule has 0 aliphatic carbocycles. The standard InChI is InChI=1S/C20H19F3N4O2/c21-20(22,23)19-25-15-3-1-2-4-16(15)27(19)12-13-7-9-26(10-8-13)18(29)14-5-6-17(28)24-11-14/h1-6,11,13H,7-10,12H2,(H,24,28). The molecule has 0 bridgehead atoms. The summed E-state index contributed by atoms with van der Waals surface area (Å²) in [7, 11) is 0. The van der Waals surface area contributed by atoms with Crippen LogP contribution < -0.4 is 5.56 Å². The molecule has 0 atom stereocenters. The average Bonchev–Trinajstić information content (AvgIpc) is 3.08. The van der Waals surface area contributed by atoms with Gasteiger partial charge in [0.15, 0.2) is 0 Å². The van der Waals surface area contributed by atoms with Crippen LogP contribution in [0.25, 0.3) is 11.0 Å². The van der Waals surface area contributed by atoms with E-state index in [9.17, 15) is 22.8 Å². The Morgan fingerprint density at radius 3 is 2.52 bits per heavy atom. The molecule has 152 valence electrons. The van der Waals surface area contributed by atoms with Gasteiger partial charge < -0.3 is 14.5 Å². The van der Waals surface area contributed by atoms with Crippen LogP contribution >= 0.6 is 0 Å². The Labute approximate surface area is 164 Å². The number of piperidine rings is 1. The molecule has 0 spiro atoms. The minimum absolute atomic E-state index is 0.00772. The van der Waals surface area contributed by atoms with Crippen molar-refractivity contribution in [3.8, 4) is 0 Å². The lowest BCUT2D eigenvalue weighted by Crippen LogP contribution is -2.39. The topological polar surface area (TPSA) is 71.0 Å². The summed E-state index contributed by atoms with van der Waals surface area (Å²) in [5.41, 5.74) is 0.897. The number of likely N-dealkylation sites (tertiary alicyclic amines) is 1. The summed E-state index contributed by atoms with van der Waals surface area (Å²) in [6.45, 7) is 1.11. The number of para-hydroxylation sites is 2. The molecule has 4 rings (SSSR count). The smallest absolute Gasteiger partial charge is 0.339 e. The van der Waals surface area contributed by atoms with E-state index in [0.717, 1.165) is 0 Å². The van der Waals surface area contributed by atoms with E-state index in [2.05, 4.69) is 9.97 Å². The number of carbonyl (C=O) groups is 1. The number of imidazole rings is 1. The number of alkyl halides is 3. The zero-order valence-corrected chi connectivity index (χ0v) is 15.4. The highest BCUT2D eigenvalue weighted by atomic mass is 19.4. The molecule has 0 saturated carbocycles. The van der Waals surface area contributed by atoms with Gasteiger partial charge in [0.2, 0.25) is 11.4 Å². The zero-order valence-electron chi connectivity index (χ0n) is 15.4. The molecule has 9 heteroatoms. The molecule has 1 fully saturated rings. The van der Waals surface area contributed by atoms with Crippen LogP contribution in [0.4, 0.5) is 13.2 Å². The Bertz CT molecular complexity index is 1070. The van der Waals surface area contributed by atoms with Crippen LogP contribution in [-0.4, -0.2) is 38.4 Å². The first kappa shape index (κ1) is 19.2. The number of aromatic amines is 1. The molecule has 1 saturated heterocycles. The van der Waals surface area contributed by atoms with E-state index in [0.29, 0.717) is 42.5 Å². The second kappa shape index (κ2) is 7.38. The van der Waals surface area contributed by atoms with Crippen molar-refractivity contribution in [3.63, 3.8) is 0 Å². The van der Waals surface area contributed by atoms with Crippen molar-refractivity contribution in [1.82, 2.24) is 19.4 Å². The van der Waals surface area contributed by atoms with Crippen molar-refractivity contribution < 1.29 is 18.0 Å². The van der Waals surface area contributed by atoms with Gasteiger partial charge in [-0.15, -0.1) is 0 Å². The van der Waals surface area contributed by atoms with Gasteiger partial charge in [-0.2, -0.15) is 13.2 Å². The molecule has 1 aromatic carbocycles. The van der Waals surface area contributed by atoms with Crippen molar-refractivity contribution in [1.29, 1.82) is 0 Å². The van der Waals surface area contributed by atoms with Crippen LogP contribution in [0.15, 0.2) is 47.4 Å². The minimum Gasteiger partial charge on any atom is -0.339 e. The van der Waals surface area contributed by atoms with E-state index in [-0.39, 0.29) is 23.9 Å². The molecule has 2 aromatic heterocycles. The Morgan fingerprint density at radius 1 is 1.14 bits per heavy atom. The van der Waals surface area contributed by atoms with Crippen LogP contribution in [0, 0.1) is 5.92 Å². The maximum absolute atomic E-state index is 13.5. The first-order chi connectivity index (χ1) is 13.8. The molecule has 29 heavy (non-hydrogen) atoms. The van der Waals surface area contributed by atoms with E-state index < -0.39 is 12.0 Å². The average molecular weight is 404 g/mol. The number of fused-ring (bicyclic) bond motifs is 1. The summed E-state index contributed by atoms with van der Waals surface area (Å²) in [5, 5.41) is 0. The normalized spacial score (nSPS) is 15.8. The van der Waals surface area contributed by atoms with Crippen LogP contribution in [0.1, 0.15) is 29.0 Å². The fourth-order valence-corrected chi connectivity index (χ4v) is 3.78. The molecule has 1 aliphatic rings. The Hall–Kier alpha value is -3.10. The number of H-pyrrole nitrogens is 1. The van der Waals surface area contributed by atoms with E-state index >= 15 is 0 Å². The van der Waals surface area contributed by atoms with Crippen LogP contribution in [0.2, 0.25) is 0 Å². The predicted octanol–water partition coefficient (Wildman–Crippen LogP) is 3.30. The number of carbonyl (C=O) groups excluding carboxylic acids is 1. The summed E-state index contributed by atoms with van der Waals surface area (Å²) < 4.78 is 41.6. The highest BCUT2D eigenvalue weighted by Crippen LogP contribution is 2.33. The first-order valence-corrected chi connectivity index (χ1v) is 9.33. The van der Waals surface area contributed by atoms with E-state index in [4.69, 9.17) is 0 Å². The van der Waals surface area contributed by atoms with Gasteiger partial charge in [-0.1, -0.05) is 12.1 Å². The number of amides is 1. The highest BCUT2D eigenvalue weighted by Gasteiger charge is 2.38. The molecule has 0 radical (unpaired) electrons. The van der Waals surface area contributed by atoms with Gasteiger partial charge in [-0.3, -0.25) is 9.59 Å². The Kier molecular flexibility index (Phi) is 4.89. The summed E-state index contributed by atoms with van der Waals surface area (Å²) in [5.74, 6) is -1.07. The second-order valence-corrected chi connectivity index (χ2v) is 7.21. The number of hydrogen-bond donors (Lipinski definition) is 1. The number of pyridine rings is 1. The van der Waals surface area contributed by atoms with Gasteiger partial charge in [0.25, 0.3) is 5.91 Å². The number of aromatic nitrogens is 3. The summed E-state index contributed by atoms with van der Waals surface area (Å²) in [6.07, 6.45) is -1.96. The first-order valence-electron chi connectivity index (χ1n) is 9.33. The number of halogens is 3. The Morgan fingerprint density at radius 2 is 1.86 bits per heavy atom. The second-order valence-electron chi connectivity index (χ2n) is 7.21. The SMILES string of the molecule is O=C(c1ccc(=O)[nH]c1)N1CCC(Cn2c(C(F)(F)F)nc3ccccc32)CC1. The zero-order chi connectivity index (χ0) is 20.6. The summed E-state index contributed by atoms with van der Waals surface area (Å²) in [4.78, 5) is 31.6. The van der Waals surface area contributed by atoms with Gasteiger partial charge in [0.05, 0.1) is 16.6 Å². The number of nitrogens with zero attached hydrogens (tertiary/aromatic N) is 3. The minimum atomic E-state index is -4.53. The van der Waals surface area contributed by atoms with E-state index in [1.807, 2.05) is 0 Å². The predicted molar refractivity (Wildman–Crippen MR) is 100 cm³/mol. The van der Waals surface area contributed by atoms with Gasteiger partial charge in [0, 0.05) is 31.9 Å². The third-order valence-corrected chi connectivity index (χ3v) is 5.28. The maximum atomic E-state index is 13.5. The quantitative estimate of drug-likeness (QED) is 0.728. The molecular formula is C20H19F3N4O2. The molecule has 3 heterocycles.